The molecule has 0 aliphatic carbocycles. The van der Waals surface area contributed by atoms with E-state index < -0.39 is 10.9 Å². The van der Waals surface area contributed by atoms with Gasteiger partial charge in [-0.15, -0.1) is 0 Å². The fourth-order valence-corrected chi connectivity index (χ4v) is 3.37. The summed E-state index contributed by atoms with van der Waals surface area (Å²) in [6.45, 7) is 2.15. The predicted molar refractivity (Wildman–Crippen MR) is 129 cm³/mol. The predicted octanol–water partition coefficient (Wildman–Crippen LogP) is 6.75. The molecule has 0 saturated heterocycles. The number of rotatable bonds is 11. The molecule has 0 saturated carbocycles. The summed E-state index contributed by atoms with van der Waals surface area (Å²) in [4.78, 5) is 34.7. The van der Waals surface area contributed by atoms with E-state index in [4.69, 9.17) is 9.47 Å². The molecule has 0 spiro atoms. The van der Waals surface area contributed by atoms with Crippen LogP contribution in [0.5, 0.6) is 11.5 Å². The number of hydrogen-bond acceptors (Lipinski definition) is 6. The molecule has 0 bridgehead atoms. The number of unbranched alkanes of at least 4 members (excludes halogenated alkanes) is 4. The summed E-state index contributed by atoms with van der Waals surface area (Å²) in [5.41, 5.74) is 2.01. The van der Waals surface area contributed by atoms with Crippen molar-refractivity contribution in [3.8, 4) is 22.6 Å². The van der Waals surface area contributed by atoms with Crippen molar-refractivity contribution in [2.24, 2.45) is 0 Å². The summed E-state index contributed by atoms with van der Waals surface area (Å²) in [5, 5.41) is 10.8. The van der Waals surface area contributed by atoms with Crippen molar-refractivity contribution in [2.75, 3.05) is 0 Å². The lowest BCUT2D eigenvalue weighted by Gasteiger charge is -2.08. The molecule has 7 nitrogen and oxygen atoms in total. The average Bonchev–Trinajstić information content (AvgIpc) is 2.85. The highest BCUT2D eigenvalue weighted by Gasteiger charge is 2.11. The van der Waals surface area contributed by atoms with Crippen LogP contribution in [0.2, 0.25) is 0 Å². The van der Waals surface area contributed by atoms with E-state index in [0.717, 1.165) is 36.8 Å². The SMILES string of the molecule is CCCCCCCC(=O)Oc1ccc(C(=O)Oc2ccc(-c3ccc([N+](=O)[O-])cc3)cc2)cc1. The Morgan fingerprint density at radius 2 is 1.26 bits per heavy atom. The summed E-state index contributed by atoms with van der Waals surface area (Å²) in [5.74, 6) is -0.0476. The zero-order chi connectivity index (χ0) is 24.3. The number of ether oxygens (including phenoxy) is 2. The lowest BCUT2D eigenvalue weighted by atomic mass is 10.1. The van der Waals surface area contributed by atoms with Gasteiger partial charge in [0.2, 0.25) is 0 Å². The van der Waals surface area contributed by atoms with E-state index in [0.29, 0.717) is 23.5 Å². The van der Waals surface area contributed by atoms with Crippen molar-refractivity contribution in [1.82, 2.24) is 0 Å². The minimum atomic E-state index is -0.531. The maximum atomic E-state index is 12.4. The molecule has 0 aliphatic heterocycles. The topological polar surface area (TPSA) is 95.7 Å². The van der Waals surface area contributed by atoms with Crippen LogP contribution in [-0.2, 0) is 4.79 Å². The van der Waals surface area contributed by atoms with Gasteiger partial charge in [0.05, 0.1) is 10.5 Å². The molecule has 176 valence electrons. The number of carbonyl (C=O) groups is 2. The Labute approximate surface area is 198 Å². The molecule has 3 rings (SSSR count). The van der Waals surface area contributed by atoms with E-state index in [9.17, 15) is 19.7 Å². The van der Waals surface area contributed by atoms with Crippen LogP contribution in [0.15, 0.2) is 72.8 Å². The third-order valence-corrected chi connectivity index (χ3v) is 5.28. The average molecular weight is 462 g/mol. The van der Waals surface area contributed by atoms with E-state index in [-0.39, 0.29) is 11.7 Å². The molecule has 0 aliphatic rings. The van der Waals surface area contributed by atoms with Gasteiger partial charge in [-0.2, -0.15) is 0 Å². The van der Waals surface area contributed by atoms with Gasteiger partial charge in [-0.05, 0) is 66.1 Å². The Bertz CT molecular complexity index is 1110. The van der Waals surface area contributed by atoms with Crippen LogP contribution in [0.1, 0.15) is 55.8 Å². The molecule has 0 heterocycles. The van der Waals surface area contributed by atoms with Gasteiger partial charge < -0.3 is 9.47 Å². The number of esters is 2. The monoisotopic (exact) mass is 461 g/mol. The summed E-state index contributed by atoms with van der Waals surface area (Å²) < 4.78 is 10.7. The van der Waals surface area contributed by atoms with E-state index in [2.05, 4.69) is 6.92 Å². The smallest absolute Gasteiger partial charge is 0.343 e. The van der Waals surface area contributed by atoms with Gasteiger partial charge >= 0.3 is 11.9 Å². The number of nitrogens with zero attached hydrogens (tertiary/aromatic N) is 1. The molecule has 0 unspecified atom stereocenters. The number of benzene rings is 3. The van der Waals surface area contributed by atoms with Crippen molar-refractivity contribution < 1.29 is 24.0 Å². The molecule has 0 radical (unpaired) electrons. The molecule has 0 aromatic heterocycles. The molecule has 7 heteroatoms. The zero-order valence-corrected chi connectivity index (χ0v) is 19.1. The van der Waals surface area contributed by atoms with Gasteiger partial charge in [-0.25, -0.2) is 4.79 Å². The Hall–Kier alpha value is -4.00. The van der Waals surface area contributed by atoms with Crippen molar-refractivity contribution in [3.63, 3.8) is 0 Å². The number of carbonyl (C=O) groups excluding carboxylic acids is 2. The Balaban J connectivity index is 1.51. The lowest BCUT2D eigenvalue weighted by molar-refractivity contribution is -0.384. The van der Waals surface area contributed by atoms with Crippen molar-refractivity contribution in [3.05, 3.63) is 88.5 Å². The molecule has 0 fully saturated rings. The first-order chi connectivity index (χ1) is 16.5. The normalized spacial score (nSPS) is 10.5. The quantitative estimate of drug-likeness (QED) is 0.103. The molecule has 0 atom stereocenters. The fourth-order valence-electron chi connectivity index (χ4n) is 3.37. The number of non-ortho nitro benzene ring substituents is 1. The minimum absolute atomic E-state index is 0.0255. The minimum Gasteiger partial charge on any atom is -0.427 e. The molecule has 3 aromatic carbocycles. The van der Waals surface area contributed by atoms with E-state index in [1.165, 1.54) is 18.6 Å². The molecule has 34 heavy (non-hydrogen) atoms. The van der Waals surface area contributed by atoms with E-state index in [1.54, 1.807) is 60.7 Å². The summed E-state index contributed by atoms with van der Waals surface area (Å²) in [7, 11) is 0. The van der Waals surface area contributed by atoms with Crippen molar-refractivity contribution in [1.29, 1.82) is 0 Å². The highest BCUT2D eigenvalue weighted by Crippen LogP contribution is 2.25. The summed E-state index contributed by atoms with van der Waals surface area (Å²) in [6, 6.07) is 19.3. The first-order valence-electron chi connectivity index (χ1n) is 11.3. The van der Waals surface area contributed by atoms with Gasteiger partial charge in [0.15, 0.2) is 0 Å². The highest BCUT2D eigenvalue weighted by atomic mass is 16.6. The summed E-state index contributed by atoms with van der Waals surface area (Å²) >= 11 is 0. The van der Waals surface area contributed by atoms with Crippen LogP contribution < -0.4 is 9.47 Å². The number of hydrogen-bond donors (Lipinski definition) is 0. The van der Waals surface area contributed by atoms with Crippen LogP contribution in [0.4, 0.5) is 5.69 Å². The first kappa shape index (κ1) is 24.6. The second kappa shape index (κ2) is 12.3. The maximum absolute atomic E-state index is 12.4. The van der Waals surface area contributed by atoms with Crippen molar-refractivity contribution >= 4 is 17.6 Å². The Kier molecular flexibility index (Phi) is 8.91. The molecular weight excluding hydrogens is 434 g/mol. The first-order valence-corrected chi connectivity index (χ1v) is 11.3. The fraction of sp³-hybridized carbons (Fsp3) is 0.259. The van der Waals surface area contributed by atoms with Crippen LogP contribution >= 0.6 is 0 Å². The van der Waals surface area contributed by atoms with E-state index >= 15 is 0 Å². The third kappa shape index (κ3) is 7.27. The zero-order valence-electron chi connectivity index (χ0n) is 19.1. The van der Waals surface area contributed by atoms with Gasteiger partial charge in [-0.3, -0.25) is 14.9 Å². The van der Waals surface area contributed by atoms with Crippen LogP contribution in [0, 0.1) is 10.1 Å². The second-order valence-corrected chi connectivity index (χ2v) is 7.88. The third-order valence-electron chi connectivity index (χ3n) is 5.28. The van der Waals surface area contributed by atoms with E-state index in [1.807, 2.05) is 0 Å². The van der Waals surface area contributed by atoms with Gasteiger partial charge in [0, 0.05) is 18.6 Å². The maximum Gasteiger partial charge on any atom is 0.343 e. The summed E-state index contributed by atoms with van der Waals surface area (Å²) in [6.07, 6.45) is 5.67. The number of nitro groups is 1. The largest absolute Gasteiger partial charge is 0.427 e. The number of nitro benzene ring substituents is 1. The second-order valence-electron chi connectivity index (χ2n) is 7.88. The van der Waals surface area contributed by atoms with Crippen LogP contribution in [0.3, 0.4) is 0 Å². The lowest BCUT2D eigenvalue weighted by Crippen LogP contribution is -2.10. The Morgan fingerprint density at radius 3 is 1.85 bits per heavy atom. The molecule has 0 N–H and O–H groups in total. The standard InChI is InChI=1S/C27H27NO6/c1-2-3-4-5-6-7-26(29)33-24-18-12-22(13-19-24)27(30)34-25-16-10-21(11-17-25)20-8-14-23(15-9-20)28(31)32/h8-19H,2-7H2,1H3. The molecular formula is C27H27NO6. The Morgan fingerprint density at radius 1 is 0.735 bits per heavy atom. The van der Waals surface area contributed by atoms with Gasteiger partial charge in [-0.1, -0.05) is 44.7 Å². The van der Waals surface area contributed by atoms with Gasteiger partial charge in [0.1, 0.15) is 11.5 Å². The van der Waals surface area contributed by atoms with Gasteiger partial charge in [0.25, 0.3) is 5.69 Å². The highest BCUT2D eigenvalue weighted by molar-refractivity contribution is 5.91. The van der Waals surface area contributed by atoms with Crippen LogP contribution in [0.25, 0.3) is 11.1 Å². The molecule has 3 aromatic rings. The van der Waals surface area contributed by atoms with Crippen molar-refractivity contribution in [2.45, 2.75) is 45.4 Å². The molecule has 0 amide bonds. The van der Waals surface area contributed by atoms with Crippen LogP contribution in [-0.4, -0.2) is 16.9 Å².